The van der Waals surface area contributed by atoms with Crippen molar-refractivity contribution in [1.29, 1.82) is 0 Å². The number of rotatable bonds is 3. The zero-order valence-corrected chi connectivity index (χ0v) is 9.87. The highest BCUT2D eigenvalue weighted by atomic mass is 16.6. The number of nitro groups is 1. The third kappa shape index (κ3) is 2.45. The summed E-state index contributed by atoms with van der Waals surface area (Å²) in [7, 11) is 0. The van der Waals surface area contributed by atoms with E-state index in [1.807, 2.05) is 31.2 Å². The van der Waals surface area contributed by atoms with Crippen molar-refractivity contribution in [3.05, 3.63) is 74.2 Å². The molecule has 0 unspecified atom stereocenters. The van der Waals surface area contributed by atoms with Crippen molar-refractivity contribution >= 4 is 5.69 Å². The van der Waals surface area contributed by atoms with Crippen molar-refractivity contribution in [3.63, 3.8) is 0 Å². The lowest BCUT2D eigenvalue weighted by atomic mass is 10.1. The summed E-state index contributed by atoms with van der Waals surface area (Å²) in [6, 6.07) is 10.1. The molecule has 0 saturated heterocycles. The third-order valence-corrected chi connectivity index (χ3v) is 2.78. The molecule has 0 saturated carbocycles. The lowest BCUT2D eigenvalue weighted by Crippen LogP contribution is -2.19. The van der Waals surface area contributed by atoms with E-state index in [4.69, 9.17) is 0 Å². The number of aromatic nitrogens is 1. The highest BCUT2D eigenvalue weighted by Crippen LogP contribution is 2.11. The van der Waals surface area contributed by atoms with E-state index >= 15 is 0 Å². The van der Waals surface area contributed by atoms with Crippen molar-refractivity contribution < 1.29 is 4.92 Å². The number of hydrogen-bond donors (Lipinski definition) is 0. The van der Waals surface area contributed by atoms with Crippen molar-refractivity contribution in [1.82, 2.24) is 4.57 Å². The Bertz CT molecular complexity index is 647. The Kier molecular flexibility index (Phi) is 3.23. The first kappa shape index (κ1) is 12.0. The molecule has 1 heterocycles. The van der Waals surface area contributed by atoms with Gasteiger partial charge in [0.2, 0.25) is 0 Å². The van der Waals surface area contributed by atoms with Crippen LogP contribution >= 0.6 is 0 Å². The van der Waals surface area contributed by atoms with Gasteiger partial charge < -0.3 is 4.57 Å². The lowest BCUT2D eigenvalue weighted by molar-refractivity contribution is -0.385. The van der Waals surface area contributed by atoms with Gasteiger partial charge in [-0.1, -0.05) is 24.3 Å². The van der Waals surface area contributed by atoms with Crippen LogP contribution in [0.2, 0.25) is 0 Å². The Morgan fingerprint density at radius 1 is 1.22 bits per heavy atom. The lowest BCUT2D eigenvalue weighted by Gasteiger charge is -2.07. The van der Waals surface area contributed by atoms with Gasteiger partial charge in [-0.25, -0.2) is 0 Å². The van der Waals surface area contributed by atoms with E-state index in [0.717, 1.165) is 11.1 Å². The Morgan fingerprint density at radius 3 is 2.61 bits per heavy atom. The van der Waals surface area contributed by atoms with Gasteiger partial charge in [0, 0.05) is 12.1 Å². The van der Waals surface area contributed by atoms with E-state index in [1.165, 1.54) is 22.9 Å². The van der Waals surface area contributed by atoms with Crippen LogP contribution in [0.5, 0.6) is 0 Å². The molecule has 0 aliphatic rings. The van der Waals surface area contributed by atoms with Crippen LogP contribution in [-0.4, -0.2) is 9.49 Å². The molecule has 0 fully saturated rings. The molecule has 0 N–H and O–H groups in total. The summed E-state index contributed by atoms with van der Waals surface area (Å²) in [5.74, 6) is 0. The van der Waals surface area contributed by atoms with E-state index < -0.39 is 4.92 Å². The van der Waals surface area contributed by atoms with Gasteiger partial charge in [0.25, 0.3) is 11.2 Å². The normalized spacial score (nSPS) is 10.3. The maximum Gasteiger partial charge on any atom is 0.285 e. The number of nitrogens with zero attached hydrogens (tertiary/aromatic N) is 2. The maximum atomic E-state index is 11.7. The van der Waals surface area contributed by atoms with Crippen LogP contribution in [-0.2, 0) is 6.54 Å². The summed E-state index contributed by atoms with van der Waals surface area (Å²) in [6.45, 7) is 2.28. The van der Waals surface area contributed by atoms with E-state index in [2.05, 4.69) is 0 Å². The quantitative estimate of drug-likeness (QED) is 0.613. The highest BCUT2D eigenvalue weighted by Gasteiger charge is 2.08. The zero-order chi connectivity index (χ0) is 13.1. The second-order valence-electron chi connectivity index (χ2n) is 4.04. The van der Waals surface area contributed by atoms with Gasteiger partial charge in [-0.15, -0.1) is 0 Å². The van der Waals surface area contributed by atoms with Crippen molar-refractivity contribution in [2.75, 3.05) is 0 Å². The Balaban J connectivity index is 2.40. The fraction of sp³-hybridized carbons (Fsp3) is 0.154. The summed E-state index contributed by atoms with van der Waals surface area (Å²) < 4.78 is 1.35. The minimum absolute atomic E-state index is 0.0804. The summed E-state index contributed by atoms with van der Waals surface area (Å²) in [5.41, 5.74) is 1.70. The second-order valence-corrected chi connectivity index (χ2v) is 4.04. The van der Waals surface area contributed by atoms with Crippen LogP contribution in [0.1, 0.15) is 11.1 Å². The Hall–Kier alpha value is -2.43. The second kappa shape index (κ2) is 4.83. The molecular weight excluding hydrogens is 232 g/mol. The fourth-order valence-corrected chi connectivity index (χ4v) is 1.72. The third-order valence-electron chi connectivity index (χ3n) is 2.78. The molecular formula is C13H12N2O3. The Morgan fingerprint density at radius 2 is 1.94 bits per heavy atom. The van der Waals surface area contributed by atoms with Gasteiger partial charge in [0.1, 0.15) is 0 Å². The predicted octanol–water partition coefficient (Wildman–Crippen LogP) is 2.11. The van der Waals surface area contributed by atoms with Gasteiger partial charge in [0.15, 0.2) is 0 Å². The molecule has 0 atom stereocenters. The topological polar surface area (TPSA) is 65.1 Å². The standard InChI is InChI=1S/C13H12N2O3/c1-10-4-2-3-5-11(10)8-14-9-12(15(17)18)6-7-13(14)16/h2-7,9H,8H2,1H3. The van der Waals surface area contributed by atoms with E-state index in [-0.39, 0.29) is 11.2 Å². The molecule has 5 heteroatoms. The average molecular weight is 244 g/mol. The fourth-order valence-electron chi connectivity index (χ4n) is 1.72. The summed E-state index contributed by atoms with van der Waals surface area (Å²) in [4.78, 5) is 21.8. The summed E-state index contributed by atoms with van der Waals surface area (Å²) in [6.07, 6.45) is 1.27. The van der Waals surface area contributed by atoms with Crippen LogP contribution in [0.15, 0.2) is 47.4 Å². The predicted molar refractivity (Wildman–Crippen MR) is 67.6 cm³/mol. The zero-order valence-electron chi connectivity index (χ0n) is 9.87. The molecule has 5 nitrogen and oxygen atoms in total. The van der Waals surface area contributed by atoms with Gasteiger partial charge in [-0.05, 0) is 18.1 Å². The summed E-state index contributed by atoms with van der Waals surface area (Å²) >= 11 is 0. The van der Waals surface area contributed by atoms with Crippen LogP contribution in [0.3, 0.4) is 0 Å². The minimum Gasteiger partial charge on any atom is -0.304 e. The number of pyridine rings is 1. The summed E-state index contributed by atoms with van der Waals surface area (Å²) in [5, 5.41) is 10.7. The van der Waals surface area contributed by atoms with Crippen molar-refractivity contribution in [3.8, 4) is 0 Å². The maximum absolute atomic E-state index is 11.7. The molecule has 0 amide bonds. The average Bonchev–Trinajstić information content (AvgIpc) is 2.34. The van der Waals surface area contributed by atoms with Gasteiger partial charge in [-0.3, -0.25) is 14.9 Å². The van der Waals surface area contributed by atoms with Crippen LogP contribution in [0.4, 0.5) is 5.69 Å². The number of hydrogen-bond acceptors (Lipinski definition) is 3. The van der Waals surface area contributed by atoms with Gasteiger partial charge in [0.05, 0.1) is 17.7 Å². The van der Waals surface area contributed by atoms with Crippen molar-refractivity contribution in [2.24, 2.45) is 0 Å². The first-order valence-corrected chi connectivity index (χ1v) is 5.47. The molecule has 0 aliphatic heterocycles. The first-order chi connectivity index (χ1) is 8.58. The molecule has 18 heavy (non-hydrogen) atoms. The molecule has 1 aromatic heterocycles. The molecule has 0 bridgehead atoms. The smallest absolute Gasteiger partial charge is 0.285 e. The van der Waals surface area contributed by atoms with Crippen LogP contribution < -0.4 is 5.56 Å². The SMILES string of the molecule is Cc1ccccc1Cn1cc([N+](=O)[O-])ccc1=O. The first-order valence-electron chi connectivity index (χ1n) is 5.47. The molecule has 0 radical (unpaired) electrons. The van der Waals surface area contributed by atoms with Crippen LogP contribution in [0.25, 0.3) is 0 Å². The number of benzene rings is 1. The largest absolute Gasteiger partial charge is 0.304 e. The van der Waals surface area contributed by atoms with Gasteiger partial charge in [-0.2, -0.15) is 0 Å². The molecule has 0 aliphatic carbocycles. The number of aryl methyl sites for hydroxylation is 1. The molecule has 2 rings (SSSR count). The van der Waals surface area contributed by atoms with E-state index in [9.17, 15) is 14.9 Å². The molecule has 1 aromatic carbocycles. The van der Waals surface area contributed by atoms with Crippen LogP contribution in [0, 0.1) is 17.0 Å². The van der Waals surface area contributed by atoms with E-state index in [0.29, 0.717) is 6.54 Å². The van der Waals surface area contributed by atoms with Gasteiger partial charge >= 0.3 is 0 Å². The van der Waals surface area contributed by atoms with E-state index in [1.54, 1.807) is 0 Å². The monoisotopic (exact) mass is 244 g/mol. The minimum atomic E-state index is -0.506. The molecule has 2 aromatic rings. The Labute approximate surface area is 103 Å². The highest BCUT2D eigenvalue weighted by molar-refractivity contribution is 5.28. The molecule has 0 spiro atoms. The molecule has 92 valence electrons. The van der Waals surface area contributed by atoms with Crippen molar-refractivity contribution in [2.45, 2.75) is 13.5 Å².